The van der Waals surface area contributed by atoms with Crippen LogP contribution in [0.2, 0.25) is 5.02 Å². The SMILES string of the molecule is CCC(c1ccccc1)N(c1cc(C2CC2)[nH]n1)c1ncc(Cl)c(N)n1. The Morgan fingerprint density at radius 1 is 1.31 bits per heavy atom. The molecule has 0 saturated heterocycles. The van der Waals surface area contributed by atoms with Gasteiger partial charge in [0.1, 0.15) is 10.8 Å². The van der Waals surface area contributed by atoms with E-state index in [1.807, 2.05) is 23.1 Å². The molecule has 1 aliphatic carbocycles. The van der Waals surface area contributed by atoms with Crippen LogP contribution in [0.3, 0.4) is 0 Å². The van der Waals surface area contributed by atoms with Crippen molar-refractivity contribution in [2.24, 2.45) is 0 Å². The molecule has 134 valence electrons. The molecule has 2 aromatic heterocycles. The first-order chi connectivity index (χ1) is 12.7. The molecule has 0 radical (unpaired) electrons. The van der Waals surface area contributed by atoms with E-state index in [-0.39, 0.29) is 11.9 Å². The number of nitrogens with one attached hydrogen (secondary N) is 1. The lowest BCUT2D eigenvalue weighted by molar-refractivity contribution is 0.651. The van der Waals surface area contributed by atoms with Crippen LogP contribution in [0.5, 0.6) is 0 Å². The molecule has 3 N–H and O–H groups in total. The minimum atomic E-state index is 0.0344. The maximum atomic E-state index is 6.03. The van der Waals surface area contributed by atoms with Gasteiger partial charge in [0.2, 0.25) is 5.95 Å². The van der Waals surface area contributed by atoms with Gasteiger partial charge in [-0.1, -0.05) is 48.9 Å². The third-order valence-electron chi connectivity index (χ3n) is 4.70. The van der Waals surface area contributed by atoms with Crippen molar-refractivity contribution >= 4 is 29.2 Å². The Kier molecular flexibility index (Phi) is 4.51. The number of nitrogens with two attached hydrogens (primary N) is 1. The van der Waals surface area contributed by atoms with Gasteiger partial charge in [0, 0.05) is 17.7 Å². The van der Waals surface area contributed by atoms with Crippen molar-refractivity contribution in [2.75, 3.05) is 10.6 Å². The quantitative estimate of drug-likeness (QED) is 0.664. The smallest absolute Gasteiger partial charge is 0.233 e. The minimum absolute atomic E-state index is 0.0344. The average molecular weight is 369 g/mol. The Bertz CT molecular complexity index is 890. The summed E-state index contributed by atoms with van der Waals surface area (Å²) in [6.07, 6.45) is 4.82. The molecule has 0 amide bonds. The fourth-order valence-electron chi connectivity index (χ4n) is 3.18. The number of aromatic amines is 1. The molecule has 7 heteroatoms. The fourth-order valence-corrected chi connectivity index (χ4v) is 3.27. The lowest BCUT2D eigenvalue weighted by Crippen LogP contribution is -2.26. The first-order valence-electron chi connectivity index (χ1n) is 8.85. The second kappa shape index (κ2) is 6.96. The molecular formula is C19H21ClN6. The lowest BCUT2D eigenvalue weighted by atomic mass is 10.0. The van der Waals surface area contributed by atoms with Crippen molar-refractivity contribution in [3.05, 3.63) is 58.9 Å². The van der Waals surface area contributed by atoms with Crippen LogP contribution in [0.4, 0.5) is 17.6 Å². The summed E-state index contributed by atoms with van der Waals surface area (Å²) < 4.78 is 0. The number of anilines is 3. The first-order valence-corrected chi connectivity index (χ1v) is 9.22. The Morgan fingerprint density at radius 3 is 2.73 bits per heavy atom. The summed E-state index contributed by atoms with van der Waals surface area (Å²) >= 11 is 6.03. The van der Waals surface area contributed by atoms with E-state index < -0.39 is 0 Å². The van der Waals surface area contributed by atoms with Crippen LogP contribution in [0.1, 0.15) is 49.4 Å². The van der Waals surface area contributed by atoms with Gasteiger partial charge in [0.05, 0.1) is 12.2 Å². The Hall–Kier alpha value is -2.60. The molecule has 6 nitrogen and oxygen atoms in total. The largest absolute Gasteiger partial charge is 0.382 e. The predicted octanol–water partition coefficient (Wildman–Crippen LogP) is 4.60. The highest BCUT2D eigenvalue weighted by atomic mass is 35.5. The standard InChI is InChI=1S/C19H21ClN6/c1-2-16(13-6-4-3-5-7-13)26(19-22-11-14(20)18(21)23-19)17-10-15(24-25-17)12-8-9-12/h3-7,10-12,16H,2,8-9H2,1H3,(H,24,25)(H2,21,22,23). The van der Waals surface area contributed by atoms with Gasteiger partial charge in [0.25, 0.3) is 0 Å². The Labute approximate surface area is 157 Å². The monoisotopic (exact) mass is 368 g/mol. The van der Waals surface area contributed by atoms with Crippen molar-refractivity contribution in [3.63, 3.8) is 0 Å². The molecule has 1 aliphatic rings. The van der Waals surface area contributed by atoms with Gasteiger partial charge in [-0.25, -0.2) is 4.98 Å². The highest BCUT2D eigenvalue weighted by molar-refractivity contribution is 6.32. The van der Waals surface area contributed by atoms with Crippen LogP contribution < -0.4 is 10.6 Å². The molecule has 0 bridgehead atoms. The molecule has 1 aromatic carbocycles. The van der Waals surface area contributed by atoms with E-state index in [0.29, 0.717) is 16.9 Å². The van der Waals surface area contributed by atoms with Crippen LogP contribution in [0.25, 0.3) is 0 Å². The van der Waals surface area contributed by atoms with Crippen LogP contribution in [0, 0.1) is 0 Å². The molecule has 0 aliphatic heterocycles. The second-order valence-corrected chi connectivity index (χ2v) is 6.97. The number of aromatic nitrogens is 4. The van der Waals surface area contributed by atoms with Crippen molar-refractivity contribution in [1.82, 2.24) is 20.2 Å². The van der Waals surface area contributed by atoms with Crippen molar-refractivity contribution in [1.29, 1.82) is 0 Å². The number of nitrogen functional groups attached to an aromatic ring is 1. The van der Waals surface area contributed by atoms with Gasteiger partial charge in [0.15, 0.2) is 5.82 Å². The van der Waals surface area contributed by atoms with Gasteiger partial charge < -0.3 is 5.73 Å². The van der Waals surface area contributed by atoms with Crippen LogP contribution in [-0.2, 0) is 0 Å². The normalized spacial score (nSPS) is 15.0. The first kappa shape index (κ1) is 16.8. The summed E-state index contributed by atoms with van der Waals surface area (Å²) in [5, 5.41) is 8.07. The van der Waals surface area contributed by atoms with Crippen LogP contribution in [0.15, 0.2) is 42.6 Å². The van der Waals surface area contributed by atoms with E-state index in [1.54, 1.807) is 6.20 Å². The zero-order chi connectivity index (χ0) is 18.1. The van der Waals surface area contributed by atoms with E-state index >= 15 is 0 Å². The second-order valence-electron chi connectivity index (χ2n) is 6.56. The zero-order valence-corrected chi connectivity index (χ0v) is 15.3. The number of rotatable bonds is 6. The fraction of sp³-hybridized carbons (Fsp3) is 0.316. The van der Waals surface area contributed by atoms with Gasteiger partial charge in [-0.2, -0.15) is 10.1 Å². The number of H-pyrrole nitrogens is 1. The van der Waals surface area contributed by atoms with E-state index in [2.05, 4.69) is 45.3 Å². The highest BCUT2D eigenvalue weighted by Crippen LogP contribution is 2.42. The third kappa shape index (κ3) is 3.24. The molecule has 1 atom stereocenters. The number of benzene rings is 1. The van der Waals surface area contributed by atoms with E-state index in [1.165, 1.54) is 18.4 Å². The minimum Gasteiger partial charge on any atom is -0.382 e. The lowest BCUT2D eigenvalue weighted by Gasteiger charge is -2.29. The number of hydrogen-bond acceptors (Lipinski definition) is 5. The molecule has 1 fully saturated rings. The summed E-state index contributed by atoms with van der Waals surface area (Å²) in [6.45, 7) is 2.14. The number of hydrogen-bond donors (Lipinski definition) is 2. The van der Waals surface area contributed by atoms with Gasteiger partial charge in [-0.15, -0.1) is 0 Å². The van der Waals surface area contributed by atoms with E-state index in [9.17, 15) is 0 Å². The molecule has 26 heavy (non-hydrogen) atoms. The summed E-state index contributed by atoms with van der Waals surface area (Å²) in [4.78, 5) is 10.9. The molecule has 4 rings (SSSR count). The van der Waals surface area contributed by atoms with Crippen molar-refractivity contribution in [2.45, 2.75) is 38.1 Å². The maximum absolute atomic E-state index is 6.03. The molecule has 1 saturated carbocycles. The van der Waals surface area contributed by atoms with E-state index in [0.717, 1.165) is 17.9 Å². The van der Waals surface area contributed by atoms with Gasteiger partial charge >= 0.3 is 0 Å². The topological polar surface area (TPSA) is 83.7 Å². The van der Waals surface area contributed by atoms with Crippen molar-refractivity contribution in [3.8, 4) is 0 Å². The summed E-state index contributed by atoms with van der Waals surface area (Å²) in [7, 11) is 0. The van der Waals surface area contributed by atoms with Crippen molar-refractivity contribution < 1.29 is 0 Å². The van der Waals surface area contributed by atoms with Gasteiger partial charge in [-0.05, 0) is 24.8 Å². The van der Waals surface area contributed by atoms with Crippen LogP contribution in [-0.4, -0.2) is 20.2 Å². The Morgan fingerprint density at radius 2 is 2.08 bits per heavy atom. The molecule has 0 spiro atoms. The molecule has 1 unspecified atom stereocenters. The summed E-state index contributed by atoms with van der Waals surface area (Å²) in [5.74, 6) is 2.15. The summed E-state index contributed by atoms with van der Waals surface area (Å²) in [5.41, 5.74) is 8.27. The van der Waals surface area contributed by atoms with Gasteiger partial charge in [-0.3, -0.25) is 10.00 Å². The highest BCUT2D eigenvalue weighted by Gasteiger charge is 2.30. The number of halogens is 1. The number of nitrogens with zero attached hydrogens (tertiary/aromatic N) is 4. The molecular weight excluding hydrogens is 348 g/mol. The molecule has 2 heterocycles. The zero-order valence-electron chi connectivity index (χ0n) is 14.6. The third-order valence-corrected chi connectivity index (χ3v) is 5.00. The summed E-state index contributed by atoms with van der Waals surface area (Å²) in [6, 6.07) is 12.4. The molecule has 3 aromatic rings. The van der Waals surface area contributed by atoms with Crippen LogP contribution >= 0.6 is 11.6 Å². The van der Waals surface area contributed by atoms with E-state index in [4.69, 9.17) is 17.3 Å². The maximum Gasteiger partial charge on any atom is 0.233 e. The predicted molar refractivity (Wildman–Crippen MR) is 104 cm³/mol. The average Bonchev–Trinajstić information content (AvgIpc) is 3.41. The Balaban J connectivity index is 1.80.